The molecule has 3 atom stereocenters. The first-order chi connectivity index (χ1) is 18.8. The van der Waals surface area contributed by atoms with E-state index < -0.39 is 53.4 Å². The van der Waals surface area contributed by atoms with E-state index in [-0.39, 0.29) is 55.0 Å². The van der Waals surface area contributed by atoms with Crippen LogP contribution in [0.1, 0.15) is 51.1 Å². The number of rotatable bonds is 7. The number of nitrogens with zero attached hydrogens (tertiary/aromatic N) is 3. The molecule has 218 valence electrons. The average molecular weight is 570 g/mol. The largest absolute Gasteiger partial charge is 0.417 e. The highest BCUT2D eigenvalue weighted by Gasteiger charge is 2.42. The molecule has 0 amide bonds. The zero-order valence-corrected chi connectivity index (χ0v) is 22.3. The van der Waals surface area contributed by atoms with Crippen LogP contribution in [0.4, 0.5) is 26.3 Å². The zero-order valence-electron chi connectivity index (χ0n) is 22.3. The molecule has 1 aliphatic carbocycles. The van der Waals surface area contributed by atoms with E-state index in [1.807, 2.05) is 0 Å². The summed E-state index contributed by atoms with van der Waals surface area (Å²) in [5.74, 6) is -5.87. The van der Waals surface area contributed by atoms with Gasteiger partial charge in [0.15, 0.2) is 5.78 Å². The van der Waals surface area contributed by atoms with Crippen LogP contribution in [-0.2, 0) is 4.79 Å². The maximum absolute atomic E-state index is 14.5. The Balaban J connectivity index is 1.93. The Morgan fingerprint density at radius 3 is 2.62 bits per heavy atom. The van der Waals surface area contributed by atoms with Crippen LogP contribution in [-0.4, -0.2) is 48.9 Å². The lowest BCUT2D eigenvalue weighted by molar-refractivity contribution is -0.124. The third-order valence-electron chi connectivity index (χ3n) is 7.14. The number of nitrogens with one attached hydrogen (secondary N) is 1. The van der Waals surface area contributed by atoms with Gasteiger partial charge in [-0.25, -0.2) is 18.2 Å². The summed E-state index contributed by atoms with van der Waals surface area (Å²) in [5.41, 5.74) is 5.67. The third-order valence-corrected chi connectivity index (χ3v) is 7.14. The van der Waals surface area contributed by atoms with Gasteiger partial charge < -0.3 is 11.1 Å². The van der Waals surface area contributed by atoms with Gasteiger partial charge in [0.2, 0.25) is 5.92 Å². The minimum absolute atomic E-state index is 0.0151. The summed E-state index contributed by atoms with van der Waals surface area (Å²) < 4.78 is 82.1. The van der Waals surface area contributed by atoms with Crippen molar-refractivity contribution in [1.82, 2.24) is 10.3 Å². The molecule has 0 radical (unpaired) electrons. The molecule has 12 heteroatoms. The molecule has 1 aliphatic heterocycles. The molecule has 40 heavy (non-hydrogen) atoms. The Kier molecular flexibility index (Phi) is 10.3. The summed E-state index contributed by atoms with van der Waals surface area (Å²) in [4.78, 5) is 25.7. The standard InChI is InChI=1S/C28H33F6N5O/c1-17-12-27(30,31)11-5-7-20(26(40)25(35)22(15-36-2)23-10-9-19(29)14-37-23)21(17)16-39-24-8-4-3-6-18(13-38-24)28(32,33)34/h6,8-10,13-15,17,20-21,39H,3-5,7,11-12,16,35H2,1-2H3/b18-6-,24-8?,25-22?,36-15?,38-13?. The lowest BCUT2D eigenvalue weighted by Gasteiger charge is -2.36. The van der Waals surface area contributed by atoms with Crippen LogP contribution >= 0.6 is 0 Å². The van der Waals surface area contributed by atoms with Gasteiger partial charge in [-0.3, -0.25) is 14.8 Å². The van der Waals surface area contributed by atoms with Crippen LogP contribution in [0.3, 0.4) is 0 Å². The highest BCUT2D eigenvalue weighted by molar-refractivity contribution is 6.18. The lowest BCUT2D eigenvalue weighted by atomic mass is 9.72. The number of nitrogens with two attached hydrogens (primary N) is 1. The van der Waals surface area contributed by atoms with Crippen molar-refractivity contribution >= 4 is 23.8 Å². The van der Waals surface area contributed by atoms with E-state index in [1.54, 1.807) is 13.0 Å². The fourth-order valence-electron chi connectivity index (χ4n) is 5.09. The summed E-state index contributed by atoms with van der Waals surface area (Å²) in [7, 11) is 1.47. The van der Waals surface area contributed by atoms with E-state index in [2.05, 4.69) is 20.3 Å². The second-order valence-electron chi connectivity index (χ2n) is 10.1. The van der Waals surface area contributed by atoms with Crippen molar-refractivity contribution in [3.63, 3.8) is 0 Å². The summed E-state index contributed by atoms with van der Waals surface area (Å²) >= 11 is 0. The summed E-state index contributed by atoms with van der Waals surface area (Å²) in [6, 6.07) is 2.52. The van der Waals surface area contributed by atoms with Crippen molar-refractivity contribution in [2.45, 2.75) is 57.5 Å². The number of allylic oxidation sites excluding steroid dienone is 5. The number of carbonyl (C=O) groups is 1. The highest BCUT2D eigenvalue weighted by Crippen LogP contribution is 2.40. The number of pyridine rings is 1. The van der Waals surface area contributed by atoms with Crippen molar-refractivity contribution in [2.75, 3.05) is 13.6 Å². The van der Waals surface area contributed by atoms with Gasteiger partial charge in [-0.05, 0) is 55.7 Å². The Bertz CT molecular complexity index is 1200. The lowest BCUT2D eigenvalue weighted by Crippen LogP contribution is -2.41. The monoisotopic (exact) mass is 569 g/mol. The Morgan fingerprint density at radius 2 is 1.98 bits per heavy atom. The molecule has 0 saturated heterocycles. The number of halogens is 6. The molecule has 3 unspecified atom stereocenters. The number of alkyl halides is 5. The molecule has 1 fully saturated rings. The van der Waals surface area contributed by atoms with E-state index in [0.717, 1.165) is 18.5 Å². The highest BCUT2D eigenvalue weighted by atomic mass is 19.4. The van der Waals surface area contributed by atoms with Gasteiger partial charge in [-0.1, -0.05) is 13.0 Å². The maximum atomic E-state index is 14.5. The number of hydrogen-bond acceptors (Lipinski definition) is 6. The third kappa shape index (κ3) is 8.28. The molecule has 1 saturated carbocycles. The fourth-order valence-corrected chi connectivity index (χ4v) is 5.09. The predicted molar refractivity (Wildman–Crippen MR) is 142 cm³/mol. The minimum Gasteiger partial charge on any atom is -0.395 e. The number of aliphatic imine (C=N–C) groups is 2. The molecule has 1 aromatic heterocycles. The van der Waals surface area contributed by atoms with E-state index in [0.29, 0.717) is 6.42 Å². The van der Waals surface area contributed by atoms with E-state index in [9.17, 15) is 31.1 Å². The first-order valence-electron chi connectivity index (χ1n) is 13.0. The zero-order chi connectivity index (χ0) is 29.5. The summed E-state index contributed by atoms with van der Waals surface area (Å²) in [5, 5.41) is 2.99. The van der Waals surface area contributed by atoms with Crippen LogP contribution in [0.5, 0.6) is 0 Å². The molecule has 0 bridgehead atoms. The van der Waals surface area contributed by atoms with E-state index in [4.69, 9.17) is 5.73 Å². The van der Waals surface area contributed by atoms with Crippen molar-refractivity contribution in [2.24, 2.45) is 33.5 Å². The second-order valence-corrected chi connectivity index (χ2v) is 10.1. The summed E-state index contributed by atoms with van der Waals surface area (Å²) in [6.07, 6.45) is 0.987. The molecule has 0 aromatic carbocycles. The van der Waals surface area contributed by atoms with Crippen LogP contribution in [0.15, 0.2) is 57.6 Å². The Morgan fingerprint density at radius 1 is 1.25 bits per heavy atom. The molecular weight excluding hydrogens is 536 g/mol. The number of carbonyl (C=O) groups excluding carboxylic acids is 1. The number of aromatic nitrogens is 1. The van der Waals surface area contributed by atoms with Gasteiger partial charge in [-0.15, -0.1) is 0 Å². The van der Waals surface area contributed by atoms with Gasteiger partial charge in [0.25, 0.3) is 0 Å². The van der Waals surface area contributed by atoms with Crippen LogP contribution in [0, 0.1) is 23.6 Å². The molecular formula is C28H33F6N5O. The normalized spacial score (nSPS) is 25.9. The van der Waals surface area contributed by atoms with Gasteiger partial charge in [-0.2, -0.15) is 13.2 Å². The van der Waals surface area contributed by atoms with E-state index in [1.165, 1.54) is 25.4 Å². The molecule has 2 aliphatic rings. The molecule has 0 spiro atoms. The van der Waals surface area contributed by atoms with Gasteiger partial charge in [0.1, 0.15) is 11.6 Å². The molecule has 3 N–H and O–H groups in total. The number of ketones is 1. The molecule has 2 heterocycles. The predicted octanol–water partition coefficient (Wildman–Crippen LogP) is 6.02. The summed E-state index contributed by atoms with van der Waals surface area (Å²) in [6.45, 7) is 1.64. The van der Waals surface area contributed by atoms with Gasteiger partial charge in [0, 0.05) is 50.4 Å². The van der Waals surface area contributed by atoms with Crippen LogP contribution in [0.25, 0.3) is 5.57 Å². The molecule has 1 aromatic rings. The Labute approximate surface area is 229 Å². The van der Waals surface area contributed by atoms with Crippen molar-refractivity contribution in [3.05, 3.63) is 59.1 Å². The van der Waals surface area contributed by atoms with E-state index >= 15 is 0 Å². The maximum Gasteiger partial charge on any atom is 0.417 e. The second kappa shape index (κ2) is 13.3. The topological polar surface area (TPSA) is 92.7 Å². The van der Waals surface area contributed by atoms with Crippen molar-refractivity contribution in [3.8, 4) is 0 Å². The van der Waals surface area contributed by atoms with Crippen LogP contribution in [0.2, 0.25) is 0 Å². The first-order valence-corrected chi connectivity index (χ1v) is 13.0. The average Bonchev–Trinajstić information content (AvgIpc) is 2.85. The van der Waals surface area contributed by atoms with Crippen molar-refractivity contribution in [1.29, 1.82) is 0 Å². The van der Waals surface area contributed by atoms with Crippen LogP contribution < -0.4 is 11.1 Å². The number of Topliss-reactive ketones (excluding diaryl/α,β-unsaturated/α-hetero) is 1. The van der Waals surface area contributed by atoms with Crippen molar-refractivity contribution < 1.29 is 31.1 Å². The number of hydrogen-bond donors (Lipinski definition) is 2. The SMILES string of the molecule is CN=CC(=C(N)C(=O)C1CCCC(F)(F)CC(C)C1CNC1=CCC/C=C(\C(F)(F)F)C=N1)c1ccc(F)cn1. The fraction of sp³-hybridized carbons (Fsp3) is 0.500. The first kappa shape index (κ1) is 31.1. The molecule has 3 rings (SSSR count). The minimum atomic E-state index is -4.55. The quantitative estimate of drug-likeness (QED) is 0.239. The van der Waals surface area contributed by atoms with Gasteiger partial charge >= 0.3 is 6.18 Å². The van der Waals surface area contributed by atoms with Gasteiger partial charge in [0.05, 0.1) is 23.2 Å². The molecule has 6 nitrogen and oxygen atoms in total. The smallest absolute Gasteiger partial charge is 0.395 e. The Hall–Kier alpha value is -3.44.